The van der Waals surface area contributed by atoms with Crippen LogP contribution in [0.2, 0.25) is 0 Å². The number of nitrogens with zero attached hydrogens (tertiary/aromatic N) is 2. The van der Waals surface area contributed by atoms with Gasteiger partial charge in [0.15, 0.2) is 5.75 Å². The van der Waals surface area contributed by atoms with Crippen LogP contribution < -0.4 is 15.2 Å². The van der Waals surface area contributed by atoms with Crippen LogP contribution in [-0.2, 0) is 0 Å². The monoisotopic (exact) mass is 301 g/mol. The Labute approximate surface area is 126 Å². The Hall–Kier alpha value is -2.34. The molecule has 0 aliphatic carbocycles. The average Bonchev–Trinajstić information content (AvgIpc) is 2.77. The highest BCUT2D eigenvalue weighted by atomic mass is 32.1. The summed E-state index contributed by atoms with van der Waals surface area (Å²) in [6, 6.07) is 5.30. The number of anilines is 1. The summed E-state index contributed by atoms with van der Waals surface area (Å²) in [5.41, 5.74) is 7.63. The van der Waals surface area contributed by atoms with Crippen molar-refractivity contribution in [3.63, 3.8) is 0 Å². The molecule has 0 amide bonds. The second-order valence-corrected chi connectivity index (χ2v) is 5.85. The third-order valence-corrected chi connectivity index (χ3v) is 4.47. The van der Waals surface area contributed by atoms with Gasteiger partial charge in [-0.2, -0.15) is 0 Å². The van der Waals surface area contributed by atoms with Crippen LogP contribution >= 0.6 is 11.3 Å². The normalized spacial score (nSPS) is 10.8. The highest BCUT2D eigenvalue weighted by Crippen LogP contribution is 2.37. The minimum absolute atomic E-state index is 0.505. The van der Waals surface area contributed by atoms with E-state index in [-0.39, 0.29) is 0 Å². The molecule has 0 bridgehead atoms. The fourth-order valence-corrected chi connectivity index (χ4v) is 3.07. The number of aromatic nitrogens is 2. The first-order chi connectivity index (χ1) is 10.1. The van der Waals surface area contributed by atoms with E-state index < -0.39 is 0 Å². The Bertz CT molecular complexity index is 814. The molecule has 3 aromatic rings. The van der Waals surface area contributed by atoms with Gasteiger partial charge in [-0.1, -0.05) is 0 Å². The fourth-order valence-electron chi connectivity index (χ4n) is 2.08. The van der Waals surface area contributed by atoms with E-state index in [9.17, 15) is 0 Å². The molecule has 2 aromatic heterocycles. The van der Waals surface area contributed by atoms with Gasteiger partial charge in [-0.05, 0) is 31.5 Å². The molecule has 21 heavy (non-hydrogen) atoms. The standard InChI is InChI=1S/C15H15N3O2S/c1-8-9(2)21-15-13(8)14(17-7-18-15)20-12-5-4-10(19-3)6-11(12)16/h4-7H,16H2,1-3H3. The molecule has 0 fully saturated rings. The summed E-state index contributed by atoms with van der Waals surface area (Å²) in [5.74, 6) is 1.77. The lowest BCUT2D eigenvalue weighted by Gasteiger charge is -2.10. The molecule has 0 aliphatic heterocycles. The van der Waals surface area contributed by atoms with Crippen LogP contribution in [0.5, 0.6) is 17.4 Å². The SMILES string of the molecule is COc1ccc(Oc2ncnc3sc(C)c(C)c23)c(N)c1. The zero-order valence-electron chi connectivity index (χ0n) is 12.0. The first kappa shape index (κ1) is 13.6. The maximum Gasteiger partial charge on any atom is 0.231 e. The summed E-state index contributed by atoms with van der Waals surface area (Å²) >= 11 is 1.63. The summed E-state index contributed by atoms with van der Waals surface area (Å²) in [4.78, 5) is 10.7. The summed E-state index contributed by atoms with van der Waals surface area (Å²) in [7, 11) is 1.60. The predicted octanol–water partition coefficient (Wildman–Crippen LogP) is 3.69. The number of ether oxygens (including phenoxy) is 2. The van der Waals surface area contributed by atoms with Crippen LogP contribution in [0, 0.1) is 13.8 Å². The van der Waals surface area contributed by atoms with Gasteiger partial charge in [0, 0.05) is 10.9 Å². The first-order valence-electron chi connectivity index (χ1n) is 6.42. The van der Waals surface area contributed by atoms with Crippen molar-refractivity contribution in [2.45, 2.75) is 13.8 Å². The van der Waals surface area contributed by atoms with E-state index in [1.807, 2.05) is 6.92 Å². The zero-order chi connectivity index (χ0) is 15.0. The van der Waals surface area contributed by atoms with Crippen molar-refractivity contribution < 1.29 is 9.47 Å². The highest BCUT2D eigenvalue weighted by molar-refractivity contribution is 7.18. The third kappa shape index (κ3) is 2.38. The van der Waals surface area contributed by atoms with Gasteiger partial charge in [-0.25, -0.2) is 9.97 Å². The number of nitrogens with two attached hydrogens (primary N) is 1. The van der Waals surface area contributed by atoms with Crippen molar-refractivity contribution in [1.82, 2.24) is 9.97 Å². The number of fused-ring (bicyclic) bond motifs is 1. The van der Waals surface area contributed by atoms with Gasteiger partial charge in [0.1, 0.15) is 16.9 Å². The number of methoxy groups -OCH3 is 1. The van der Waals surface area contributed by atoms with E-state index in [0.29, 0.717) is 23.1 Å². The van der Waals surface area contributed by atoms with Gasteiger partial charge >= 0.3 is 0 Å². The summed E-state index contributed by atoms with van der Waals surface area (Å²) in [6.45, 7) is 4.11. The summed E-state index contributed by atoms with van der Waals surface area (Å²) in [6.07, 6.45) is 1.51. The molecule has 0 radical (unpaired) electrons. The van der Waals surface area contributed by atoms with Crippen molar-refractivity contribution in [2.24, 2.45) is 0 Å². The molecule has 6 heteroatoms. The number of benzene rings is 1. The van der Waals surface area contributed by atoms with Gasteiger partial charge in [0.05, 0.1) is 18.2 Å². The average molecular weight is 301 g/mol. The quantitative estimate of drug-likeness (QED) is 0.747. The second kappa shape index (κ2) is 5.21. The lowest BCUT2D eigenvalue weighted by Crippen LogP contribution is -1.96. The number of aryl methyl sites for hydroxylation is 2. The lowest BCUT2D eigenvalue weighted by molar-refractivity contribution is 0.413. The smallest absolute Gasteiger partial charge is 0.231 e. The van der Waals surface area contributed by atoms with E-state index in [4.69, 9.17) is 15.2 Å². The summed E-state index contributed by atoms with van der Waals surface area (Å²) in [5, 5.41) is 0.940. The van der Waals surface area contributed by atoms with Crippen LogP contribution in [0.4, 0.5) is 5.69 Å². The molecule has 2 heterocycles. The van der Waals surface area contributed by atoms with Gasteiger partial charge in [-0.15, -0.1) is 11.3 Å². The van der Waals surface area contributed by atoms with Crippen LogP contribution in [0.25, 0.3) is 10.2 Å². The van der Waals surface area contributed by atoms with E-state index in [1.54, 1.807) is 36.6 Å². The van der Waals surface area contributed by atoms with Crippen molar-refractivity contribution in [1.29, 1.82) is 0 Å². The zero-order valence-corrected chi connectivity index (χ0v) is 12.8. The van der Waals surface area contributed by atoms with Crippen LogP contribution in [0.3, 0.4) is 0 Å². The van der Waals surface area contributed by atoms with Gasteiger partial charge < -0.3 is 15.2 Å². The molecule has 0 atom stereocenters. The maximum absolute atomic E-state index is 5.99. The Balaban J connectivity index is 2.06. The molecule has 108 valence electrons. The largest absolute Gasteiger partial charge is 0.497 e. The molecule has 1 aromatic carbocycles. The molecule has 0 unspecified atom stereocenters. The van der Waals surface area contributed by atoms with Crippen molar-refractivity contribution >= 4 is 27.2 Å². The van der Waals surface area contributed by atoms with E-state index in [2.05, 4.69) is 16.9 Å². The molecule has 0 saturated carbocycles. The number of rotatable bonds is 3. The summed E-state index contributed by atoms with van der Waals surface area (Å²) < 4.78 is 11.0. The Morgan fingerprint density at radius 2 is 2.00 bits per heavy atom. The predicted molar refractivity (Wildman–Crippen MR) is 84.4 cm³/mol. The fraction of sp³-hybridized carbons (Fsp3) is 0.200. The minimum Gasteiger partial charge on any atom is -0.497 e. The molecular weight excluding hydrogens is 286 g/mol. The Morgan fingerprint density at radius 1 is 1.19 bits per heavy atom. The topological polar surface area (TPSA) is 70.3 Å². The highest BCUT2D eigenvalue weighted by Gasteiger charge is 2.14. The maximum atomic E-state index is 5.99. The first-order valence-corrected chi connectivity index (χ1v) is 7.24. The Kier molecular flexibility index (Phi) is 3.39. The van der Waals surface area contributed by atoms with E-state index in [1.165, 1.54) is 11.2 Å². The van der Waals surface area contributed by atoms with Gasteiger partial charge in [0.2, 0.25) is 5.88 Å². The molecular formula is C15H15N3O2S. The number of hydrogen-bond acceptors (Lipinski definition) is 6. The van der Waals surface area contributed by atoms with Crippen LogP contribution in [0.1, 0.15) is 10.4 Å². The van der Waals surface area contributed by atoms with Crippen molar-refractivity contribution in [2.75, 3.05) is 12.8 Å². The van der Waals surface area contributed by atoms with E-state index in [0.717, 1.165) is 15.8 Å². The number of hydrogen-bond donors (Lipinski definition) is 1. The van der Waals surface area contributed by atoms with Crippen LogP contribution in [-0.4, -0.2) is 17.1 Å². The van der Waals surface area contributed by atoms with Gasteiger partial charge in [0.25, 0.3) is 0 Å². The Morgan fingerprint density at radius 3 is 2.71 bits per heavy atom. The van der Waals surface area contributed by atoms with Crippen LogP contribution in [0.15, 0.2) is 24.5 Å². The molecule has 5 nitrogen and oxygen atoms in total. The molecule has 0 spiro atoms. The van der Waals surface area contributed by atoms with Crippen molar-refractivity contribution in [3.05, 3.63) is 35.0 Å². The number of thiophene rings is 1. The van der Waals surface area contributed by atoms with E-state index >= 15 is 0 Å². The lowest BCUT2D eigenvalue weighted by atomic mass is 10.2. The second-order valence-electron chi connectivity index (χ2n) is 4.65. The van der Waals surface area contributed by atoms with Gasteiger partial charge in [-0.3, -0.25) is 0 Å². The number of nitrogen functional groups attached to an aromatic ring is 1. The van der Waals surface area contributed by atoms with Crippen molar-refractivity contribution in [3.8, 4) is 17.4 Å². The minimum atomic E-state index is 0.505. The molecule has 2 N–H and O–H groups in total. The molecule has 3 rings (SSSR count). The molecule has 0 aliphatic rings. The molecule has 0 saturated heterocycles. The third-order valence-electron chi connectivity index (χ3n) is 3.35.